The van der Waals surface area contributed by atoms with Gasteiger partial charge in [-0.15, -0.1) is 0 Å². The van der Waals surface area contributed by atoms with Crippen molar-refractivity contribution >= 4 is 18.4 Å². The van der Waals surface area contributed by atoms with Gasteiger partial charge in [0.1, 0.15) is 0 Å². The molecule has 0 N–H and O–H groups in total. The van der Waals surface area contributed by atoms with E-state index in [1.165, 1.54) is 0 Å². The second-order valence-corrected chi connectivity index (χ2v) is 12.9. The maximum absolute atomic E-state index is 10.9. The van der Waals surface area contributed by atoms with E-state index >= 15 is 0 Å². The van der Waals surface area contributed by atoms with Crippen LogP contribution in [-0.4, -0.2) is 35.7 Å². The molecular formula is C12H28O4SSi. The Kier molecular flexibility index (Phi) is 6.06. The topological polar surface area (TPSA) is 52.6 Å². The van der Waals surface area contributed by atoms with Crippen molar-refractivity contribution in [1.29, 1.82) is 0 Å². The van der Waals surface area contributed by atoms with Crippen LogP contribution in [-0.2, 0) is 18.7 Å². The molecule has 0 amide bonds. The SMILES string of the molecule is CC(COS(C)(=O)=O)C(C)O[Si](C)(C)C(C)(C)C. The van der Waals surface area contributed by atoms with E-state index in [2.05, 4.69) is 33.9 Å². The molecule has 0 bridgehead atoms. The number of rotatable bonds is 6. The summed E-state index contributed by atoms with van der Waals surface area (Å²) in [6.07, 6.45) is 1.06. The van der Waals surface area contributed by atoms with Crippen molar-refractivity contribution < 1.29 is 17.0 Å². The minimum absolute atomic E-state index is 0.00681. The zero-order valence-electron chi connectivity index (χ0n) is 12.9. The van der Waals surface area contributed by atoms with E-state index in [0.29, 0.717) is 0 Å². The first-order valence-electron chi connectivity index (χ1n) is 6.28. The van der Waals surface area contributed by atoms with Crippen LogP contribution >= 0.6 is 0 Å². The molecule has 0 aromatic rings. The second-order valence-electron chi connectivity index (χ2n) is 6.55. The van der Waals surface area contributed by atoms with Gasteiger partial charge in [0.2, 0.25) is 0 Å². The summed E-state index contributed by atoms with van der Waals surface area (Å²) in [5.74, 6) is 0.0499. The predicted octanol–water partition coefficient (Wildman–Crippen LogP) is 3.01. The van der Waals surface area contributed by atoms with Gasteiger partial charge in [0.15, 0.2) is 8.32 Å². The van der Waals surface area contributed by atoms with Gasteiger partial charge in [-0.3, -0.25) is 4.18 Å². The normalized spacial score (nSPS) is 17.6. The molecule has 0 fully saturated rings. The van der Waals surface area contributed by atoms with E-state index in [-0.39, 0.29) is 23.7 Å². The molecule has 0 aliphatic heterocycles. The van der Waals surface area contributed by atoms with Crippen molar-refractivity contribution in [1.82, 2.24) is 0 Å². The van der Waals surface area contributed by atoms with Crippen LogP contribution in [0.25, 0.3) is 0 Å². The molecule has 0 saturated heterocycles. The summed E-state index contributed by atoms with van der Waals surface area (Å²) in [6, 6.07) is 0. The molecule has 0 rings (SSSR count). The van der Waals surface area contributed by atoms with Gasteiger partial charge in [0.25, 0.3) is 10.1 Å². The van der Waals surface area contributed by atoms with Gasteiger partial charge in [-0.05, 0) is 25.1 Å². The Morgan fingerprint density at radius 3 is 1.94 bits per heavy atom. The molecule has 0 saturated carbocycles. The third kappa shape index (κ3) is 6.31. The molecule has 110 valence electrons. The molecule has 0 radical (unpaired) electrons. The average molecular weight is 297 g/mol. The van der Waals surface area contributed by atoms with E-state index in [0.717, 1.165) is 6.26 Å². The smallest absolute Gasteiger partial charge is 0.264 e. The summed E-state index contributed by atoms with van der Waals surface area (Å²) in [5, 5.41) is 0.151. The maximum atomic E-state index is 10.9. The number of hydrogen-bond acceptors (Lipinski definition) is 4. The Morgan fingerprint density at radius 1 is 1.17 bits per heavy atom. The molecule has 0 aromatic heterocycles. The zero-order valence-corrected chi connectivity index (χ0v) is 14.7. The minimum atomic E-state index is -3.37. The lowest BCUT2D eigenvalue weighted by molar-refractivity contribution is 0.109. The van der Waals surface area contributed by atoms with E-state index < -0.39 is 18.4 Å². The standard InChI is InChI=1S/C12H28O4SSi/c1-10(9-15-17(6,13)14)11(2)16-18(7,8)12(3,4)5/h10-11H,9H2,1-8H3. The summed E-state index contributed by atoms with van der Waals surface area (Å²) in [7, 11) is -5.18. The summed E-state index contributed by atoms with van der Waals surface area (Å²) in [6.45, 7) is 15.0. The van der Waals surface area contributed by atoms with Gasteiger partial charge in [-0.2, -0.15) is 8.42 Å². The minimum Gasteiger partial charge on any atom is -0.414 e. The molecule has 6 heteroatoms. The van der Waals surface area contributed by atoms with Crippen LogP contribution in [0.2, 0.25) is 18.1 Å². The molecule has 0 aliphatic rings. The zero-order chi connectivity index (χ0) is 14.8. The van der Waals surface area contributed by atoms with Gasteiger partial charge in [-0.25, -0.2) is 0 Å². The Labute approximate surface area is 113 Å². The van der Waals surface area contributed by atoms with Crippen molar-refractivity contribution in [3.05, 3.63) is 0 Å². The summed E-state index contributed by atoms with van der Waals surface area (Å²) in [4.78, 5) is 0. The molecular weight excluding hydrogens is 268 g/mol. The first-order valence-corrected chi connectivity index (χ1v) is 11.0. The molecule has 4 nitrogen and oxygen atoms in total. The lowest BCUT2D eigenvalue weighted by Gasteiger charge is -2.39. The third-order valence-electron chi connectivity index (χ3n) is 3.63. The quantitative estimate of drug-likeness (QED) is 0.558. The van der Waals surface area contributed by atoms with Crippen molar-refractivity contribution in [2.45, 2.75) is 58.9 Å². The Morgan fingerprint density at radius 2 is 1.61 bits per heavy atom. The van der Waals surface area contributed by atoms with Crippen LogP contribution in [0.4, 0.5) is 0 Å². The lowest BCUT2D eigenvalue weighted by Crippen LogP contribution is -2.45. The van der Waals surface area contributed by atoms with Gasteiger partial charge in [-0.1, -0.05) is 27.7 Å². The summed E-state index contributed by atoms with van der Waals surface area (Å²) in [5.41, 5.74) is 0. The van der Waals surface area contributed by atoms with Crippen LogP contribution in [0.3, 0.4) is 0 Å². The average Bonchev–Trinajstić information content (AvgIpc) is 2.10. The van der Waals surface area contributed by atoms with E-state index in [4.69, 9.17) is 8.61 Å². The fraction of sp³-hybridized carbons (Fsp3) is 1.00. The van der Waals surface area contributed by atoms with Crippen molar-refractivity contribution in [2.75, 3.05) is 12.9 Å². The highest BCUT2D eigenvalue weighted by Gasteiger charge is 2.39. The van der Waals surface area contributed by atoms with Gasteiger partial charge in [0, 0.05) is 12.0 Å². The number of hydrogen-bond donors (Lipinski definition) is 0. The maximum Gasteiger partial charge on any atom is 0.264 e. The van der Waals surface area contributed by atoms with Gasteiger partial charge in [0.05, 0.1) is 12.9 Å². The van der Waals surface area contributed by atoms with Gasteiger partial charge >= 0.3 is 0 Å². The van der Waals surface area contributed by atoms with E-state index in [9.17, 15) is 8.42 Å². The van der Waals surface area contributed by atoms with Crippen LogP contribution in [0.1, 0.15) is 34.6 Å². The highest BCUT2D eigenvalue weighted by Crippen LogP contribution is 2.37. The van der Waals surface area contributed by atoms with Crippen molar-refractivity contribution in [3.63, 3.8) is 0 Å². The highest BCUT2D eigenvalue weighted by molar-refractivity contribution is 7.85. The van der Waals surface area contributed by atoms with E-state index in [1.807, 2.05) is 13.8 Å². The Hall–Kier alpha value is 0.0869. The Bertz CT molecular complexity index is 357. The molecule has 0 aliphatic carbocycles. The molecule has 0 heterocycles. The third-order valence-corrected chi connectivity index (χ3v) is 8.77. The second kappa shape index (κ2) is 6.03. The molecule has 2 atom stereocenters. The Balaban J connectivity index is 4.45. The molecule has 18 heavy (non-hydrogen) atoms. The largest absolute Gasteiger partial charge is 0.414 e. The molecule has 2 unspecified atom stereocenters. The molecule has 0 aromatic carbocycles. The fourth-order valence-electron chi connectivity index (χ4n) is 1.12. The van der Waals surface area contributed by atoms with Crippen molar-refractivity contribution in [2.24, 2.45) is 5.92 Å². The fourth-order valence-corrected chi connectivity index (χ4v) is 3.10. The first kappa shape index (κ1) is 18.1. The van der Waals surface area contributed by atoms with Gasteiger partial charge < -0.3 is 4.43 Å². The van der Waals surface area contributed by atoms with Crippen LogP contribution in [0, 0.1) is 5.92 Å². The van der Waals surface area contributed by atoms with Crippen LogP contribution < -0.4 is 0 Å². The van der Waals surface area contributed by atoms with Crippen LogP contribution in [0.15, 0.2) is 0 Å². The molecule has 0 spiro atoms. The first-order chi connectivity index (χ1) is 7.76. The summed E-state index contributed by atoms with van der Waals surface area (Å²) < 4.78 is 32.9. The lowest BCUT2D eigenvalue weighted by atomic mass is 10.1. The predicted molar refractivity (Wildman–Crippen MR) is 77.7 cm³/mol. The highest BCUT2D eigenvalue weighted by atomic mass is 32.2. The summed E-state index contributed by atoms with van der Waals surface area (Å²) >= 11 is 0. The van der Waals surface area contributed by atoms with Crippen molar-refractivity contribution in [3.8, 4) is 0 Å². The van der Waals surface area contributed by atoms with E-state index in [1.54, 1.807) is 0 Å². The van der Waals surface area contributed by atoms with Crippen LogP contribution in [0.5, 0.6) is 0 Å². The monoisotopic (exact) mass is 296 g/mol.